The molecule has 0 aliphatic carbocycles. The van der Waals surface area contributed by atoms with Gasteiger partial charge in [0.15, 0.2) is 0 Å². The van der Waals surface area contributed by atoms with Crippen molar-refractivity contribution in [3.63, 3.8) is 0 Å². The van der Waals surface area contributed by atoms with Crippen molar-refractivity contribution in [1.29, 1.82) is 0 Å². The summed E-state index contributed by atoms with van der Waals surface area (Å²) in [6, 6.07) is -0.767. The fraction of sp³-hybridized carbons (Fsp3) is 0.883. The van der Waals surface area contributed by atoms with Gasteiger partial charge in [0.05, 0.1) is 31.3 Å². The van der Waals surface area contributed by atoms with Gasteiger partial charge < -0.3 is 20.6 Å². The Labute approximate surface area is 406 Å². The zero-order valence-corrected chi connectivity index (χ0v) is 43.9. The molecular weight excluding hydrogens is 799 g/mol. The number of amides is 1. The molecule has 0 aromatic heterocycles. The third-order valence-electron chi connectivity index (χ3n) is 13.7. The van der Waals surface area contributed by atoms with Crippen molar-refractivity contribution in [2.24, 2.45) is 0 Å². The van der Waals surface area contributed by atoms with Crippen LogP contribution in [0, 0.1) is 0 Å². The normalized spacial score (nSPS) is 13.5. The molecule has 0 aliphatic heterocycles. The fourth-order valence-corrected chi connectivity index (χ4v) is 9.20. The van der Waals surface area contributed by atoms with Gasteiger partial charge >= 0.3 is 0 Å². The van der Waals surface area contributed by atoms with E-state index in [-0.39, 0.29) is 18.9 Å². The maximum atomic E-state index is 12.5. The molecule has 0 saturated heterocycles. The molecule has 384 valence electrons. The van der Waals surface area contributed by atoms with E-state index in [0.717, 1.165) is 38.5 Å². The molecular formula is C60H115NO4. The Hall–Kier alpha value is -1.43. The van der Waals surface area contributed by atoms with E-state index in [1.807, 2.05) is 6.08 Å². The zero-order chi connectivity index (χ0) is 47.2. The number of carbonyl (C=O) groups excluding carboxylic acids is 1. The molecule has 0 bridgehead atoms. The van der Waals surface area contributed by atoms with Crippen LogP contribution in [0.25, 0.3) is 0 Å². The van der Waals surface area contributed by atoms with Crippen LogP contribution in [0.3, 0.4) is 0 Å². The summed E-state index contributed by atoms with van der Waals surface area (Å²) < 4.78 is 0. The van der Waals surface area contributed by atoms with Crippen LogP contribution in [0.1, 0.15) is 316 Å². The minimum absolute atomic E-state index is 0.00574. The standard InChI is InChI=1S/C60H115NO4/c1-3-5-7-9-11-13-15-17-19-21-23-25-26-27-28-29-30-31-32-33-34-35-37-39-41-43-45-47-49-51-53-57(63)55-60(65)61-58(56-62)59(64)54-52-50-48-46-44-42-40-38-36-24-22-20-18-16-14-12-10-8-6-4-2/h36,38,44,46,52,54,57-59,62-64H,3-35,37,39-43,45,47-51,53,55-56H2,1-2H3,(H,61,65)/b38-36+,46-44+,54-52+. The predicted octanol–water partition coefficient (Wildman–Crippen LogP) is 18.2. The van der Waals surface area contributed by atoms with Gasteiger partial charge in [-0.1, -0.05) is 301 Å². The lowest BCUT2D eigenvalue weighted by Crippen LogP contribution is -2.45. The first-order valence-electron chi connectivity index (χ1n) is 29.3. The summed E-state index contributed by atoms with van der Waals surface area (Å²) in [6.45, 7) is 4.23. The maximum absolute atomic E-state index is 12.5. The number of nitrogens with one attached hydrogen (secondary N) is 1. The number of aliphatic hydroxyl groups excluding tert-OH is 3. The molecule has 0 aliphatic rings. The second-order valence-corrected chi connectivity index (χ2v) is 20.2. The van der Waals surface area contributed by atoms with Crippen LogP contribution in [0.2, 0.25) is 0 Å². The van der Waals surface area contributed by atoms with Crippen LogP contribution in [0.15, 0.2) is 36.5 Å². The number of allylic oxidation sites excluding steroid dienone is 5. The van der Waals surface area contributed by atoms with E-state index in [9.17, 15) is 20.1 Å². The summed E-state index contributed by atoms with van der Waals surface area (Å²) in [4.78, 5) is 12.5. The number of aliphatic hydroxyl groups is 3. The predicted molar refractivity (Wildman–Crippen MR) is 287 cm³/mol. The Balaban J connectivity index is 3.55. The van der Waals surface area contributed by atoms with Gasteiger partial charge in [0, 0.05) is 0 Å². The Morgan fingerprint density at radius 2 is 0.662 bits per heavy atom. The van der Waals surface area contributed by atoms with Gasteiger partial charge in [-0.2, -0.15) is 0 Å². The molecule has 0 radical (unpaired) electrons. The summed E-state index contributed by atoms with van der Waals surface area (Å²) >= 11 is 0. The molecule has 0 fully saturated rings. The first kappa shape index (κ1) is 63.6. The van der Waals surface area contributed by atoms with Gasteiger partial charge in [-0.3, -0.25) is 4.79 Å². The van der Waals surface area contributed by atoms with Crippen molar-refractivity contribution in [3.05, 3.63) is 36.5 Å². The van der Waals surface area contributed by atoms with E-state index >= 15 is 0 Å². The van der Waals surface area contributed by atoms with E-state index in [4.69, 9.17) is 0 Å². The first-order chi connectivity index (χ1) is 32.0. The van der Waals surface area contributed by atoms with Crippen molar-refractivity contribution in [3.8, 4) is 0 Å². The van der Waals surface area contributed by atoms with E-state index < -0.39 is 18.2 Å². The quantitative estimate of drug-likeness (QED) is 0.0361. The van der Waals surface area contributed by atoms with E-state index in [2.05, 4.69) is 43.5 Å². The van der Waals surface area contributed by atoms with E-state index in [1.54, 1.807) is 6.08 Å². The minimum atomic E-state index is -0.959. The molecule has 3 unspecified atom stereocenters. The van der Waals surface area contributed by atoms with Crippen LogP contribution in [0.4, 0.5) is 0 Å². The monoisotopic (exact) mass is 914 g/mol. The summed E-state index contributed by atoms with van der Waals surface area (Å²) in [5.41, 5.74) is 0. The molecule has 0 heterocycles. The average Bonchev–Trinajstić information content (AvgIpc) is 3.30. The van der Waals surface area contributed by atoms with Crippen LogP contribution in [-0.4, -0.2) is 46.1 Å². The highest BCUT2D eigenvalue weighted by Gasteiger charge is 2.20. The van der Waals surface area contributed by atoms with Crippen molar-refractivity contribution in [2.45, 2.75) is 334 Å². The summed E-state index contributed by atoms with van der Waals surface area (Å²) in [5.74, 6) is -0.324. The maximum Gasteiger partial charge on any atom is 0.222 e. The van der Waals surface area contributed by atoms with Crippen molar-refractivity contribution < 1.29 is 20.1 Å². The molecule has 0 rings (SSSR count). The highest BCUT2D eigenvalue weighted by atomic mass is 16.3. The Morgan fingerprint density at radius 3 is 0.985 bits per heavy atom. The lowest BCUT2D eigenvalue weighted by Gasteiger charge is -2.21. The van der Waals surface area contributed by atoms with Crippen LogP contribution >= 0.6 is 0 Å². The Morgan fingerprint density at radius 1 is 0.385 bits per heavy atom. The lowest BCUT2D eigenvalue weighted by molar-refractivity contribution is -0.124. The Kier molecular flexibility index (Phi) is 54.0. The third-order valence-corrected chi connectivity index (χ3v) is 13.7. The number of unbranched alkanes of at least 4 members (excludes halogenated alkanes) is 41. The molecule has 0 aromatic rings. The van der Waals surface area contributed by atoms with Gasteiger partial charge in [-0.15, -0.1) is 0 Å². The molecule has 0 spiro atoms. The van der Waals surface area contributed by atoms with Gasteiger partial charge in [0.1, 0.15) is 0 Å². The number of carbonyl (C=O) groups is 1. The molecule has 4 N–H and O–H groups in total. The van der Waals surface area contributed by atoms with Crippen LogP contribution in [0.5, 0.6) is 0 Å². The molecule has 65 heavy (non-hydrogen) atoms. The molecule has 5 nitrogen and oxygen atoms in total. The van der Waals surface area contributed by atoms with Gasteiger partial charge in [0.25, 0.3) is 0 Å². The average molecular weight is 915 g/mol. The molecule has 3 atom stereocenters. The first-order valence-corrected chi connectivity index (χ1v) is 29.3. The lowest BCUT2D eigenvalue weighted by atomic mass is 10.0. The summed E-state index contributed by atoms with van der Waals surface area (Å²) in [5, 5.41) is 33.4. The molecule has 0 saturated carbocycles. The highest BCUT2D eigenvalue weighted by Crippen LogP contribution is 2.18. The highest BCUT2D eigenvalue weighted by molar-refractivity contribution is 5.76. The minimum Gasteiger partial charge on any atom is -0.394 e. The largest absolute Gasteiger partial charge is 0.394 e. The second-order valence-electron chi connectivity index (χ2n) is 20.2. The topological polar surface area (TPSA) is 89.8 Å². The van der Waals surface area contributed by atoms with Gasteiger partial charge in [0.2, 0.25) is 5.91 Å². The van der Waals surface area contributed by atoms with Crippen molar-refractivity contribution in [1.82, 2.24) is 5.32 Å². The van der Waals surface area contributed by atoms with Crippen molar-refractivity contribution in [2.75, 3.05) is 6.61 Å². The summed E-state index contributed by atoms with van der Waals surface area (Å²) in [6.07, 6.45) is 72.1. The smallest absolute Gasteiger partial charge is 0.222 e. The third kappa shape index (κ3) is 51.8. The molecule has 0 aromatic carbocycles. The fourth-order valence-electron chi connectivity index (χ4n) is 9.20. The van der Waals surface area contributed by atoms with Crippen molar-refractivity contribution >= 4 is 5.91 Å². The van der Waals surface area contributed by atoms with E-state index in [1.165, 1.54) is 250 Å². The SMILES string of the molecule is CCCCCCCCCCCC/C=C/CC/C=C/CC/C=C/C(O)C(CO)NC(=O)CC(O)CCCCCCCCCCCCCCCCCCCCCCCCCCCCCCCC. The number of rotatable bonds is 54. The molecule has 1 amide bonds. The molecule has 5 heteroatoms. The number of hydrogen-bond donors (Lipinski definition) is 4. The van der Waals surface area contributed by atoms with Crippen LogP contribution in [-0.2, 0) is 4.79 Å². The van der Waals surface area contributed by atoms with Gasteiger partial charge in [-0.25, -0.2) is 0 Å². The Bertz CT molecular complexity index is 1010. The van der Waals surface area contributed by atoms with E-state index in [0.29, 0.717) is 6.42 Å². The zero-order valence-electron chi connectivity index (χ0n) is 43.9. The summed E-state index contributed by atoms with van der Waals surface area (Å²) in [7, 11) is 0. The van der Waals surface area contributed by atoms with Gasteiger partial charge in [-0.05, 0) is 44.9 Å². The van der Waals surface area contributed by atoms with Crippen LogP contribution < -0.4 is 5.32 Å². The second kappa shape index (κ2) is 55.2. The number of hydrogen-bond acceptors (Lipinski definition) is 4.